The summed E-state index contributed by atoms with van der Waals surface area (Å²) in [5.74, 6) is 0.590. The molecule has 0 saturated heterocycles. The van der Waals surface area contributed by atoms with Crippen LogP contribution in [0.1, 0.15) is 25.8 Å². The smallest absolute Gasteiger partial charge is 0.151 e. The van der Waals surface area contributed by atoms with Crippen molar-refractivity contribution < 1.29 is 13.5 Å². The van der Waals surface area contributed by atoms with Crippen LogP contribution in [0.2, 0.25) is 0 Å². The van der Waals surface area contributed by atoms with Crippen LogP contribution < -0.4 is 5.73 Å². The second-order valence-electron chi connectivity index (χ2n) is 4.78. The second kappa shape index (κ2) is 5.41. The monoisotopic (exact) mass is 297 g/mol. The maximum Gasteiger partial charge on any atom is 0.151 e. The molecule has 110 valence electrons. The number of fused-ring (bicyclic) bond motifs is 1. The third-order valence-corrected chi connectivity index (χ3v) is 4.93. The summed E-state index contributed by atoms with van der Waals surface area (Å²) >= 11 is 0. The van der Waals surface area contributed by atoms with Crippen LogP contribution >= 0.6 is 0 Å². The number of nitrogens with two attached hydrogens (primary N) is 1. The van der Waals surface area contributed by atoms with Crippen LogP contribution in [0.5, 0.6) is 0 Å². The summed E-state index contributed by atoms with van der Waals surface area (Å²) in [6.07, 6.45) is -0.770. The molecule has 0 saturated carbocycles. The number of aliphatic hydroxyl groups excluding tert-OH is 1. The fourth-order valence-corrected chi connectivity index (χ4v) is 2.84. The van der Waals surface area contributed by atoms with Crippen LogP contribution in [0.15, 0.2) is 18.2 Å². The van der Waals surface area contributed by atoms with Crippen molar-refractivity contribution in [3.63, 3.8) is 0 Å². The Bertz CT molecular complexity index is 720. The first kappa shape index (κ1) is 14.8. The van der Waals surface area contributed by atoms with Gasteiger partial charge in [-0.05, 0) is 25.1 Å². The minimum Gasteiger partial charge on any atom is -0.399 e. The summed E-state index contributed by atoms with van der Waals surface area (Å²) in [4.78, 5) is 4.34. The zero-order chi connectivity index (χ0) is 14.9. The zero-order valence-electron chi connectivity index (χ0n) is 11.6. The lowest BCUT2D eigenvalue weighted by molar-refractivity contribution is 0.185. The largest absolute Gasteiger partial charge is 0.399 e. The molecule has 0 radical (unpaired) electrons. The van der Waals surface area contributed by atoms with Gasteiger partial charge in [-0.3, -0.25) is 0 Å². The van der Waals surface area contributed by atoms with E-state index < -0.39 is 15.9 Å². The van der Waals surface area contributed by atoms with E-state index in [0.29, 0.717) is 17.0 Å². The third-order valence-electron chi connectivity index (χ3n) is 3.24. The normalized spacial score (nSPS) is 13.8. The molecule has 3 N–H and O–H groups in total. The highest BCUT2D eigenvalue weighted by atomic mass is 32.2. The number of aromatic nitrogens is 2. The van der Waals surface area contributed by atoms with Crippen molar-refractivity contribution in [1.82, 2.24) is 9.55 Å². The Hall–Kier alpha value is -1.60. The third kappa shape index (κ3) is 2.94. The Balaban J connectivity index is 2.46. The number of imidazole rings is 1. The topological polar surface area (TPSA) is 98.2 Å². The highest BCUT2D eigenvalue weighted by Crippen LogP contribution is 2.22. The molecule has 2 rings (SSSR count). The number of nitrogens with zero attached hydrogens (tertiary/aromatic N) is 2. The van der Waals surface area contributed by atoms with Crippen LogP contribution in [-0.4, -0.2) is 34.6 Å². The van der Waals surface area contributed by atoms with Gasteiger partial charge in [0.25, 0.3) is 0 Å². The number of benzene rings is 1. The number of aliphatic hydroxyl groups is 1. The summed E-state index contributed by atoms with van der Waals surface area (Å²) in [6.45, 7) is 3.50. The molecule has 1 aromatic heterocycles. The predicted molar refractivity (Wildman–Crippen MR) is 79.1 cm³/mol. The quantitative estimate of drug-likeness (QED) is 0.805. The molecule has 1 atom stereocenters. The molecule has 2 aromatic rings. The highest BCUT2D eigenvalue weighted by Gasteiger charge is 2.17. The molecule has 7 heteroatoms. The van der Waals surface area contributed by atoms with Crippen LogP contribution in [-0.2, 0) is 16.4 Å². The van der Waals surface area contributed by atoms with Gasteiger partial charge in [0.05, 0.1) is 16.8 Å². The maximum atomic E-state index is 11.6. The number of anilines is 1. The minimum absolute atomic E-state index is 0.0268. The van der Waals surface area contributed by atoms with Gasteiger partial charge in [0.15, 0.2) is 9.84 Å². The summed E-state index contributed by atoms with van der Waals surface area (Å²) < 4.78 is 25.0. The van der Waals surface area contributed by atoms with Gasteiger partial charge in [-0.1, -0.05) is 6.92 Å². The number of sulfone groups is 1. The van der Waals surface area contributed by atoms with Gasteiger partial charge in [0.2, 0.25) is 0 Å². The molecule has 20 heavy (non-hydrogen) atoms. The first-order chi connectivity index (χ1) is 9.34. The summed E-state index contributed by atoms with van der Waals surface area (Å²) in [7, 11) is -3.07. The van der Waals surface area contributed by atoms with E-state index in [1.807, 2.05) is 0 Å². The molecule has 0 aliphatic heterocycles. The average molecular weight is 297 g/mol. The molecule has 1 aromatic carbocycles. The molecule has 0 spiro atoms. The lowest BCUT2D eigenvalue weighted by Gasteiger charge is -2.10. The van der Waals surface area contributed by atoms with Crippen molar-refractivity contribution in [2.75, 3.05) is 17.2 Å². The van der Waals surface area contributed by atoms with Gasteiger partial charge >= 0.3 is 0 Å². The summed E-state index contributed by atoms with van der Waals surface area (Å²) in [5, 5.41) is 9.80. The number of rotatable bonds is 5. The molecule has 0 amide bonds. The highest BCUT2D eigenvalue weighted by molar-refractivity contribution is 7.91. The molecular weight excluding hydrogens is 278 g/mol. The Kier molecular flexibility index (Phi) is 4.01. The van der Waals surface area contributed by atoms with E-state index in [-0.39, 0.29) is 18.1 Å². The van der Waals surface area contributed by atoms with E-state index in [1.54, 1.807) is 36.6 Å². The van der Waals surface area contributed by atoms with E-state index in [4.69, 9.17) is 5.73 Å². The Morgan fingerprint density at radius 3 is 2.75 bits per heavy atom. The molecule has 1 heterocycles. The van der Waals surface area contributed by atoms with Crippen LogP contribution in [0.4, 0.5) is 5.69 Å². The first-order valence-corrected chi connectivity index (χ1v) is 8.30. The molecule has 0 bridgehead atoms. The average Bonchev–Trinajstić information content (AvgIpc) is 2.74. The first-order valence-electron chi connectivity index (χ1n) is 6.48. The fraction of sp³-hybridized carbons (Fsp3) is 0.462. The van der Waals surface area contributed by atoms with Crippen molar-refractivity contribution in [3.05, 3.63) is 24.0 Å². The number of hydrogen-bond acceptors (Lipinski definition) is 5. The van der Waals surface area contributed by atoms with E-state index in [9.17, 15) is 13.5 Å². The van der Waals surface area contributed by atoms with Crippen LogP contribution in [0, 0.1) is 0 Å². The lowest BCUT2D eigenvalue weighted by atomic mass is 10.3. The standard InChI is InChI=1S/C13H19N3O3S/c1-3-20(18,19)7-6-16-12-5-4-10(14)8-11(12)15-13(16)9(2)17/h4-5,8-9,17H,3,6-7,14H2,1-2H3. The van der Waals surface area contributed by atoms with E-state index in [2.05, 4.69) is 4.98 Å². The van der Waals surface area contributed by atoms with Gasteiger partial charge in [-0.25, -0.2) is 13.4 Å². The van der Waals surface area contributed by atoms with E-state index >= 15 is 0 Å². The lowest BCUT2D eigenvalue weighted by Crippen LogP contribution is -2.17. The second-order valence-corrected chi connectivity index (χ2v) is 7.25. The van der Waals surface area contributed by atoms with Crippen molar-refractivity contribution in [2.45, 2.75) is 26.5 Å². The maximum absolute atomic E-state index is 11.6. The minimum atomic E-state index is -3.07. The molecule has 6 nitrogen and oxygen atoms in total. The van der Waals surface area contributed by atoms with Crippen molar-refractivity contribution in [3.8, 4) is 0 Å². The molecule has 1 unspecified atom stereocenters. The van der Waals surface area contributed by atoms with E-state index in [1.165, 1.54) is 0 Å². The van der Waals surface area contributed by atoms with Crippen molar-refractivity contribution in [1.29, 1.82) is 0 Å². The van der Waals surface area contributed by atoms with Gasteiger partial charge in [-0.2, -0.15) is 0 Å². The van der Waals surface area contributed by atoms with Crippen LogP contribution in [0.25, 0.3) is 11.0 Å². The molecule has 0 aliphatic rings. The Morgan fingerprint density at radius 2 is 2.15 bits per heavy atom. The molecule has 0 aliphatic carbocycles. The number of aryl methyl sites for hydroxylation is 1. The van der Waals surface area contributed by atoms with Gasteiger partial charge in [0, 0.05) is 18.0 Å². The van der Waals surface area contributed by atoms with Gasteiger partial charge < -0.3 is 15.4 Å². The Morgan fingerprint density at radius 1 is 1.45 bits per heavy atom. The zero-order valence-corrected chi connectivity index (χ0v) is 12.4. The number of hydrogen-bond donors (Lipinski definition) is 2. The number of nitrogen functional groups attached to an aromatic ring is 1. The molecular formula is C13H19N3O3S. The SMILES string of the molecule is CCS(=O)(=O)CCn1c(C(C)O)nc2cc(N)ccc21. The predicted octanol–water partition coefficient (Wildman–Crippen LogP) is 1.11. The fourth-order valence-electron chi connectivity index (χ4n) is 2.09. The Labute approximate surface area is 118 Å². The summed E-state index contributed by atoms with van der Waals surface area (Å²) in [5.41, 5.74) is 7.74. The van der Waals surface area contributed by atoms with E-state index in [0.717, 1.165) is 5.52 Å². The van der Waals surface area contributed by atoms with Gasteiger partial charge in [-0.15, -0.1) is 0 Å². The van der Waals surface area contributed by atoms with Crippen LogP contribution in [0.3, 0.4) is 0 Å². The van der Waals surface area contributed by atoms with Crippen molar-refractivity contribution in [2.24, 2.45) is 0 Å². The summed E-state index contributed by atoms with van der Waals surface area (Å²) in [6, 6.07) is 5.24. The molecule has 0 fully saturated rings. The van der Waals surface area contributed by atoms with Crippen molar-refractivity contribution >= 4 is 26.6 Å². The van der Waals surface area contributed by atoms with Gasteiger partial charge in [0.1, 0.15) is 11.9 Å².